The highest BCUT2D eigenvalue weighted by Gasteiger charge is 2.14. The van der Waals surface area contributed by atoms with Crippen molar-refractivity contribution in [2.45, 2.75) is 20.0 Å². The standard InChI is InChI=1S/C20H18N2O4/c1-13(2)26-17-5-3-4-16(10-17)22-20(23)15(11-21)8-14-6-7-18-19(9-14)25-12-24-18/h3-10,13H,12H2,1-2H3,(H,22,23)/b15-8-. The summed E-state index contributed by atoms with van der Waals surface area (Å²) in [5.41, 5.74) is 1.22. The summed E-state index contributed by atoms with van der Waals surface area (Å²) >= 11 is 0. The molecule has 1 N–H and O–H groups in total. The summed E-state index contributed by atoms with van der Waals surface area (Å²) in [6.07, 6.45) is 1.53. The molecule has 0 saturated heterocycles. The number of nitrogens with one attached hydrogen (secondary N) is 1. The van der Waals surface area contributed by atoms with Crippen LogP contribution >= 0.6 is 0 Å². The number of fused-ring (bicyclic) bond motifs is 1. The van der Waals surface area contributed by atoms with E-state index in [1.165, 1.54) is 6.08 Å². The topological polar surface area (TPSA) is 80.6 Å². The van der Waals surface area contributed by atoms with E-state index in [2.05, 4.69) is 5.32 Å². The molecule has 1 heterocycles. The van der Waals surface area contributed by atoms with E-state index in [-0.39, 0.29) is 18.5 Å². The van der Waals surface area contributed by atoms with Crippen molar-refractivity contribution in [3.05, 3.63) is 53.6 Å². The van der Waals surface area contributed by atoms with Crippen LogP contribution in [0.25, 0.3) is 6.08 Å². The van der Waals surface area contributed by atoms with E-state index in [0.717, 1.165) is 0 Å². The number of ether oxygens (including phenoxy) is 3. The molecule has 132 valence electrons. The molecule has 0 atom stereocenters. The smallest absolute Gasteiger partial charge is 0.266 e. The molecule has 3 rings (SSSR count). The van der Waals surface area contributed by atoms with Gasteiger partial charge < -0.3 is 19.5 Å². The molecule has 1 aliphatic heterocycles. The second-order valence-corrected chi connectivity index (χ2v) is 5.93. The molecule has 26 heavy (non-hydrogen) atoms. The fourth-order valence-electron chi connectivity index (χ4n) is 2.44. The van der Waals surface area contributed by atoms with Crippen molar-refractivity contribution >= 4 is 17.7 Å². The van der Waals surface area contributed by atoms with Gasteiger partial charge in [0.25, 0.3) is 5.91 Å². The fraction of sp³-hybridized carbons (Fsp3) is 0.200. The summed E-state index contributed by atoms with van der Waals surface area (Å²) in [5, 5.41) is 12.1. The SMILES string of the molecule is CC(C)Oc1cccc(NC(=O)/C(C#N)=C\c2ccc3c(c2)OCO3)c1. The molecule has 2 aromatic rings. The number of carbonyl (C=O) groups is 1. The van der Waals surface area contributed by atoms with E-state index >= 15 is 0 Å². The zero-order valence-electron chi connectivity index (χ0n) is 14.5. The minimum absolute atomic E-state index is 0.0148. The number of nitriles is 1. The molecule has 2 aromatic carbocycles. The zero-order valence-corrected chi connectivity index (χ0v) is 14.5. The lowest BCUT2D eigenvalue weighted by Gasteiger charge is -2.11. The lowest BCUT2D eigenvalue weighted by Crippen LogP contribution is -2.13. The minimum atomic E-state index is -0.494. The Morgan fingerprint density at radius 1 is 1.23 bits per heavy atom. The van der Waals surface area contributed by atoms with Crippen LogP contribution < -0.4 is 19.5 Å². The van der Waals surface area contributed by atoms with Crippen molar-refractivity contribution in [3.63, 3.8) is 0 Å². The van der Waals surface area contributed by atoms with E-state index in [4.69, 9.17) is 14.2 Å². The lowest BCUT2D eigenvalue weighted by atomic mass is 10.1. The molecule has 0 aromatic heterocycles. The van der Waals surface area contributed by atoms with Gasteiger partial charge in [-0.3, -0.25) is 4.79 Å². The fourth-order valence-corrected chi connectivity index (χ4v) is 2.44. The van der Waals surface area contributed by atoms with Gasteiger partial charge in [-0.15, -0.1) is 0 Å². The summed E-state index contributed by atoms with van der Waals surface area (Å²) in [6.45, 7) is 4.02. The highest BCUT2D eigenvalue weighted by atomic mass is 16.7. The number of carbonyl (C=O) groups excluding carboxylic acids is 1. The number of benzene rings is 2. The predicted octanol–water partition coefficient (Wildman–Crippen LogP) is 3.75. The molecular formula is C20H18N2O4. The third kappa shape index (κ3) is 4.14. The lowest BCUT2D eigenvalue weighted by molar-refractivity contribution is -0.112. The molecule has 0 bridgehead atoms. The Morgan fingerprint density at radius 2 is 2.04 bits per heavy atom. The van der Waals surface area contributed by atoms with Gasteiger partial charge in [-0.25, -0.2) is 0 Å². The van der Waals surface area contributed by atoms with Gasteiger partial charge in [-0.1, -0.05) is 12.1 Å². The summed E-state index contributed by atoms with van der Waals surface area (Å²) in [7, 11) is 0. The molecule has 0 saturated carbocycles. The van der Waals surface area contributed by atoms with Gasteiger partial charge >= 0.3 is 0 Å². The van der Waals surface area contributed by atoms with Crippen LogP contribution in [0.15, 0.2) is 48.0 Å². The van der Waals surface area contributed by atoms with Gasteiger partial charge in [0, 0.05) is 11.8 Å². The minimum Gasteiger partial charge on any atom is -0.491 e. The summed E-state index contributed by atoms with van der Waals surface area (Å²) < 4.78 is 16.2. The Balaban J connectivity index is 1.76. The molecule has 1 aliphatic rings. The first-order valence-electron chi connectivity index (χ1n) is 8.14. The normalized spacial score (nSPS) is 12.6. The number of nitrogens with zero attached hydrogens (tertiary/aromatic N) is 1. The first-order chi connectivity index (χ1) is 12.5. The van der Waals surface area contributed by atoms with E-state index in [0.29, 0.717) is 28.5 Å². The quantitative estimate of drug-likeness (QED) is 0.656. The van der Waals surface area contributed by atoms with Crippen LogP contribution in [-0.4, -0.2) is 18.8 Å². The number of amides is 1. The van der Waals surface area contributed by atoms with Crippen LogP contribution in [0.4, 0.5) is 5.69 Å². The van der Waals surface area contributed by atoms with Crippen molar-refractivity contribution in [3.8, 4) is 23.3 Å². The second kappa shape index (κ2) is 7.62. The molecule has 0 aliphatic carbocycles. The van der Waals surface area contributed by atoms with E-state index in [9.17, 15) is 10.1 Å². The van der Waals surface area contributed by atoms with Crippen molar-refractivity contribution in [2.75, 3.05) is 12.1 Å². The third-order valence-electron chi connectivity index (χ3n) is 3.54. The Morgan fingerprint density at radius 3 is 2.81 bits per heavy atom. The van der Waals surface area contributed by atoms with Gasteiger partial charge in [0.05, 0.1) is 6.10 Å². The van der Waals surface area contributed by atoms with Crippen LogP contribution in [0.1, 0.15) is 19.4 Å². The van der Waals surface area contributed by atoms with Crippen LogP contribution in [-0.2, 0) is 4.79 Å². The molecule has 0 unspecified atom stereocenters. The number of hydrogen-bond donors (Lipinski definition) is 1. The monoisotopic (exact) mass is 350 g/mol. The molecule has 0 radical (unpaired) electrons. The highest BCUT2D eigenvalue weighted by molar-refractivity contribution is 6.09. The first-order valence-corrected chi connectivity index (χ1v) is 8.14. The maximum Gasteiger partial charge on any atom is 0.266 e. The van der Waals surface area contributed by atoms with Gasteiger partial charge in [-0.2, -0.15) is 5.26 Å². The van der Waals surface area contributed by atoms with Crippen LogP contribution in [0.3, 0.4) is 0 Å². The predicted molar refractivity (Wildman–Crippen MR) is 97.0 cm³/mol. The molecular weight excluding hydrogens is 332 g/mol. The molecule has 0 spiro atoms. The van der Waals surface area contributed by atoms with E-state index in [1.54, 1.807) is 36.4 Å². The second-order valence-electron chi connectivity index (χ2n) is 5.93. The Hall–Kier alpha value is -3.46. The average molecular weight is 350 g/mol. The average Bonchev–Trinajstić information content (AvgIpc) is 3.07. The van der Waals surface area contributed by atoms with Crippen molar-refractivity contribution in [1.82, 2.24) is 0 Å². The zero-order chi connectivity index (χ0) is 18.5. The maximum absolute atomic E-state index is 12.4. The Bertz CT molecular complexity index is 897. The number of anilines is 1. The van der Waals surface area contributed by atoms with Crippen LogP contribution in [0.5, 0.6) is 17.2 Å². The molecule has 6 heteroatoms. The first kappa shape index (κ1) is 17.4. The number of hydrogen-bond acceptors (Lipinski definition) is 5. The summed E-state index contributed by atoms with van der Waals surface area (Å²) in [6, 6.07) is 14.2. The van der Waals surface area contributed by atoms with Crippen LogP contribution in [0.2, 0.25) is 0 Å². The number of rotatable bonds is 5. The molecule has 0 fully saturated rings. The summed E-state index contributed by atoms with van der Waals surface area (Å²) in [5.74, 6) is 1.39. The van der Waals surface area contributed by atoms with Gasteiger partial charge in [0.2, 0.25) is 6.79 Å². The van der Waals surface area contributed by atoms with Gasteiger partial charge in [-0.05, 0) is 49.8 Å². The van der Waals surface area contributed by atoms with E-state index in [1.807, 2.05) is 26.0 Å². The third-order valence-corrected chi connectivity index (χ3v) is 3.54. The largest absolute Gasteiger partial charge is 0.491 e. The Labute approximate surface area is 151 Å². The molecule has 6 nitrogen and oxygen atoms in total. The van der Waals surface area contributed by atoms with E-state index < -0.39 is 5.91 Å². The maximum atomic E-state index is 12.4. The van der Waals surface area contributed by atoms with Crippen molar-refractivity contribution < 1.29 is 19.0 Å². The Kier molecular flexibility index (Phi) is 5.09. The molecule has 1 amide bonds. The van der Waals surface area contributed by atoms with Crippen LogP contribution in [0, 0.1) is 11.3 Å². The van der Waals surface area contributed by atoms with Gasteiger partial charge in [0.15, 0.2) is 11.5 Å². The van der Waals surface area contributed by atoms with Gasteiger partial charge in [0.1, 0.15) is 17.4 Å². The van der Waals surface area contributed by atoms with Crippen molar-refractivity contribution in [1.29, 1.82) is 5.26 Å². The highest BCUT2D eigenvalue weighted by Crippen LogP contribution is 2.33. The van der Waals surface area contributed by atoms with Crippen molar-refractivity contribution in [2.24, 2.45) is 0 Å². The summed E-state index contributed by atoms with van der Waals surface area (Å²) in [4.78, 5) is 12.4.